The first-order valence-electron chi connectivity index (χ1n) is 5.54. The first-order chi connectivity index (χ1) is 9.36. The normalized spacial score (nSPS) is 10.2. The van der Waals surface area contributed by atoms with Gasteiger partial charge in [0.15, 0.2) is 23.3 Å². The molecule has 0 bridgehead atoms. The summed E-state index contributed by atoms with van der Waals surface area (Å²) in [5, 5.41) is 8.51. The molecule has 0 radical (unpaired) electrons. The fraction of sp³-hybridized carbons (Fsp3) is 0.333. The van der Waals surface area contributed by atoms with Crippen LogP contribution < -0.4 is 0 Å². The number of amides is 1. The molecule has 0 unspecified atom stereocenters. The Balaban J connectivity index is 3.39. The van der Waals surface area contributed by atoms with Gasteiger partial charge in [0.2, 0.25) is 5.82 Å². The van der Waals surface area contributed by atoms with E-state index >= 15 is 0 Å². The maximum Gasteiger partial charge on any atom is 0.260 e. The number of nitrogens with zero attached hydrogens (tertiary/aromatic N) is 2. The second-order valence-corrected chi connectivity index (χ2v) is 3.83. The van der Waals surface area contributed by atoms with E-state index < -0.39 is 47.1 Å². The highest BCUT2D eigenvalue weighted by molar-refractivity contribution is 5.95. The van der Waals surface area contributed by atoms with Crippen molar-refractivity contribution >= 4 is 5.91 Å². The first kappa shape index (κ1) is 15.9. The van der Waals surface area contributed by atoms with Crippen LogP contribution in [-0.4, -0.2) is 23.9 Å². The summed E-state index contributed by atoms with van der Waals surface area (Å²) in [7, 11) is 0. The minimum atomic E-state index is -2.33. The van der Waals surface area contributed by atoms with E-state index in [2.05, 4.69) is 0 Å². The van der Waals surface area contributed by atoms with Crippen LogP contribution in [-0.2, 0) is 0 Å². The number of nitriles is 1. The van der Waals surface area contributed by atoms with Gasteiger partial charge in [0.05, 0.1) is 6.07 Å². The average Bonchev–Trinajstić information content (AvgIpc) is 2.43. The van der Waals surface area contributed by atoms with E-state index in [4.69, 9.17) is 5.26 Å². The number of benzene rings is 1. The van der Waals surface area contributed by atoms with Crippen LogP contribution in [0.1, 0.15) is 23.7 Å². The molecule has 0 heterocycles. The number of carbonyl (C=O) groups is 1. The molecule has 0 aromatic heterocycles. The van der Waals surface area contributed by atoms with E-state index in [1.807, 2.05) is 0 Å². The summed E-state index contributed by atoms with van der Waals surface area (Å²) in [6.45, 7) is 1.05. The molecule has 0 fully saturated rings. The third kappa shape index (κ3) is 2.71. The van der Waals surface area contributed by atoms with Crippen molar-refractivity contribution in [1.29, 1.82) is 5.26 Å². The van der Waals surface area contributed by atoms with Crippen LogP contribution in [0.25, 0.3) is 0 Å². The molecule has 0 aliphatic rings. The zero-order chi connectivity index (χ0) is 15.4. The molecule has 0 atom stereocenters. The minimum Gasteiger partial charge on any atom is -0.325 e. The number of rotatable bonds is 4. The highest BCUT2D eigenvalue weighted by Gasteiger charge is 2.31. The molecular formula is C12H9F5N2O. The maximum atomic E-state index is 13.4. The second kappa shape index (κ2) is 6.32. The van der Waals surface area contributed by atoms with Gasteiger partial charge in [0, 0.05) is 6.54 Å². The highest BCUT2D eigenvalue weighted by Crippen LogP contribution is 2.24. The Kier molecular flexibility index (Phi) is 5.02. The smallest absolute Gasteiger partial charge is 0.260 e. The van der Waals surface area contributed by atoms with Crippen molar-refractivity contribution < 1.29 is 26.7 Å². The predicted molar refractivity (Wildman–Crippen MR) is 58.0 cm³/mol. The molecule has 0 spiro atoms. The zero-order valence-corrected chi connectivity index (χ0v) is 10.3. The van der Waals surface area contributed by atoms with E-state index in [0.717, 1.165) is 0 Å². The molecule has 0 saturated carbocycles. The van der Waals surface area contributed by atoms with Crippen molar-refractivity contribution in [2.75, 3.05) is 13.1 Å². The number of carbonyl (C=O) groups excluding carboxylic acids is 1. The lowest BCUT2D eigenvalue weighted by Gasteiger charge is -2.19. The van der Waals surface area contributed by atoms with E-state index in [0.29, 0.717) is 11.3 Å². The second-order valence-electron chi connectivity index (χ2n) is 3.83. The van der Waals surface area contributed by atoms with Crippen LogP contribution >= 0.6 is 0 Å². The molecule has 1 amide bonds. The lowest BCUT2D eigenvalue weighted by Crippen LogP contribution is -2.34. The van der Waals surface area contributed by atoms with Gasteiger partial charge in [-0.3, -0.25) is 4.79 Å². The average molecular weight is 292 g/mol. The van der Waals surface area contributed by atoms with Crippen molar-refractivity contribution in [3.63, 3.8) is 0 Å². The van der Waals surface area contributed by atoms with Gasteiger partial charge in [0.25, 0.3) is 5.91 Å². The Morgan fingerprint density at radius 3 is 1.90 bits per heavy atom. The molecule has 0 saturated heterocycles. The van der Waals surface area contributed by atoms with Crippen molar-refractivity contribution in [2.24, 2.45) is 0 Å². The number of hydrogen-bond donors (Lipinski definition) is 0. The fourth-order valence-electron chi connectivity index (χ4n) is 1.56. The quantitative estimate of drug-likeness (QED) is 0.371. The molecule has 0 aliphatic carbocycles. The Hall–Kier alpha value is -2.17. The molecular weight excluding hydrogens is 283 g/mol. The third-order valence-electron chi connectivity index (χ3n) is 2.47. The fourth-order valence-corrected chi connectivity index (χ4v) is 1.56. The third-order valence-corrected chi connectivity index (χ3v) is 2.47. The van der Waals surface area contributed by atoms with Gasteiger partial charge in [-0.2, -0.15) is 5.26 Å². The van der Waals surface area contributed by atoms with E-state index in [1.165, 1.54) is 0 Å². The van der Waals surface area contributed by atoms with Crippen molar-refractivity contribution in [3.05, 3.63) is 34.6 Å². The van der Waals surface area contributed by atoms with Crippen LogP contribution in [0.4, 0.5) is 22.0 Å². The van der Waals surface area contributed by atoms with Crippen molar-refractivity contribution in [2.45, 2.75) is 13.3 Å². The molecule has 3 nitrogen and oxygen atoms in total. The van der Waals surface area contributed by atoms with Crippen LogP contribution in [0.2, 0.25) is 0 Å². The van der Waals surface area contributed by atoms with Crippen LogP contribution in [0, 0.1) is 40.4 Å². The monoisotopic (exact) mass is 292 g/mol. The Bertz CT molecular complexity index is 553. The van der Waals surface area contributed by atoms with Crippen LogP contribution in [0.15, 0.2) is 0 Å². The van der Waals surface area contributed by atoms with Gasteiger partial charge in [-0.25, -0.2) is 22.0 Å². The molecule has 1 rings (SSSR count). The lowest BCUT2D eigenvalue weighted by atomic mass is 10.1. The number of hydrogen-bond acceptors (Lipinski definition) is 2. The van der Waals surface area contributed by atoms with E-state index in [9.17, 15) is 26.7 Å². The Labute approximate surface area is 111 Å². The molecule has 1 aromatic rings. The summed E-state index contributed by atoms with van der Waals surface area (Å²) in [5.41, 5.74) is -1.55. The largest absolute Gasteiger partial charge is 0.325 e. The molecule has 0 aliphatic heterocycles. The van der Waals surface area contributed by atoms with Crippen LogP contribution in [0.5, 0.6) is 0 Å². The summed E-state index contributed by atoms with van der Waals surface area (Å²) in [6, 6.07) is 1.58. The molecule has 1 aromatic carbocycles. The van der Waals surface area contributed by atoms with Gasteiger partial charge in [-0.05, 0) is 6.42 Å². The Morgan fingerprint density at radius 2 is 1.50 bits per heavy atom. The summed E-state index contributed by atoms with van der Waals surface area (Å²) < 4.78 is 65.7. The minimum absolute atomic E-state index is 0.0497. The topological polar surface area (TPSA) is 44.1 Å². The predicted octanol–water partition coefficient (Wildman–Crippen LogP) is 2.76. The van der Waals surface area contributed by atoms with Gasteiger partial charge in [-0.15, -0.1) is 0 Å². The maximum absolute atomic E-state index is 13.4. The zero-order valence-electron chi connectivity index (χ0n) is 10.3. The Morgan fingerprint density at radius 1 is 1.05 bits per heavy atom. The van der Waals surface area contributed by atoms with Gasteiger partial charge in [0.1, 0.15) is 12.1 Å². The first-order valence-corrected chi connectivity index (χ1v) is 5.54. The van der Waals surface area contributed by atoms with Crippen LogP contribution in [0.3, 0.4) is 0 Å². The molecule has 8 heteroatoms. The van der Waals surface area contributed by atoms with Gasteiger partial charge < -0.3 is 4.90 Å². The summed E-state index contributed by atoms with van der Waals surface area (Å²) in [5.74, 6) is -12.5. The summed E-state index contributed by atoms with van der Waals surface area (Å²) in [4.78, 5) is 12.5. The van der Waals surface area contributed by atoms with E-state index in [1.54, 1.807) is 13.0 Å². The van der Waals surface area contributed by atoms with Gasteiger partial charge >= 0.3 is 0 Å². The van der Waals surface area contributed by atoms with Crippen molar-refractivity contribution in [3.8, 4) is 6.07 Å². The SMILES string of the molecule is CCCN(CC#N)C(=O)c1c(F)c(F)c(F)c(F)c1F. The highest BCUT2D eigenvalue weighted by atomic mass is 19.2. The molecule has 0 N–H and O–H groups in total. The number of halogens is 5. The summed E-state index contributed by atoms with van der Waals surface area (Å²) in [6.07, 6.45) is 0.350. The molecule has 108 valence electrons. The molecule has 20 heavy (non-hydrogen) atoms. The lowest BCUT2D eigenvalue weighted by molar-refractivity contribution is 0.0763. The summed E-state index contributed by atoms with van der Waals surface area (Å²) >= 11 is 0. The van der Waals surface area contributed by atoms with Crippen molar-refractivity contribution in [1.82, 2.24) is 4.90 Å². The standard InChI is InChI=1S/C12H9F5N2O/c1-2-4-19(5-3-18)12(20)6-7(13)9(15)11(17)10(16)8(6)14/h2,4-5H2,1H3. The van der Waals surface area contributed by atoms with Gasteiger partial charge in [-0.1, -0.05) is 6.92 Å². The van der Waals surface area contributed by atoms with E-state index in [-0.39, 0.29) is 6.54 Å².